The first kappa shape index (κ1) is 15.6. The molecule has 2 aromatic rings. The van der Waals surface area contributed by atoms with E-state index in [0.717, 1.165) is 5.56 Å². The zero-order chi connectivity index (χ0) is 16.1. The first-order chi connectivity index (χ1) is 10.5. The molecule has 1 heterocycles. The molecule has 1 unspecified atom stereocenters. The predicted molar refractivity (Wildman–Crippen MR) is 79.8 cm³/mol. The molecule has 7 heteroatoms. The number of aliphatic carboxylic acids is 1. The SMILES string of the molecule is COc1ccc(-c2[nH]ncc2C(=O)NC(C)CC(=O)O)cc1. The van der Waals surface area contributed by atoms with Crippen molar-refractivity contribution in [2.45, 2.75) is 19.4 Å². The van der Waals surface area contributed by atoms with Crippen molar-refractivity contribution in [1.82, 2.24) is 15.5 Å². The number of nitrogens with zero attached hydrogens (tertiary/aromatic N) is 1. The van der Waals surface area contributed by atoms with Gasteiger partial charge in [0.2, 0.25) is 0 Å². The van der Waals surface area contributed by atoms with E-state index in [4.69, 9.17) is 9.84 Å². The van der Waals surface area contributed by atoms with Crippen molar-refractivity contribution < 1.29 is 19.4 Å². The molecule has 3 N–H and O–H groups in total. The third kappa shape index (κ3) is 3.63. The fraction of sp³-hybridized carbons (Fsp3) is 0.267. The molecule has 0 spiro atoms. The third-order valence-electron chi connectivity index (χ3n) is 3.12. The zero-order valence-electron chi connectivity index (χ0n) is 12.3. The summed E-state index contributed by atoms with van der Waals surface area (Å²) in [5.74, 6) is -0.618. The second-order valence-electron chi connectivity index (χ2n) is 4.86. The zero-order valence-corrected chi connectivity index (χ0v) is 12.3. The number of aromatic amines is 1. The number of aromatic nitrogens is 2. The smallest absolute Gasteiger partial charge is 0.305 e. The van der Waals surface area contributed by atoms with Crippen LogP contribution in [0.15, 0.2) is 30.5 Å². The average Bonchev–Trinajstić information content (AvgIpc) is 2.96. The summed E-state index contributed by atoms with van der Waals surface area (Å²) in [7, 11) is 1.58. The Kier molecular flexibility index (Phi) is 4.77. The van der Waals surface area contributed by atoms with E-state index in [-0.39, 0.29) is 12.3 Å². The van der Waals surface area contributed by atoms with E-state index in [9.17, 15) is 9.59 Å². The van der Waals surface area contributed by atoms with Gasteiger partial charge in [-0.3, -0.25) is 14.7 Å². The Balaban J connectivity index is 2.17. The minimum Gasteiger partial charge on any atom is -0.497 e. The van der Waals surface area contributed by atoms with E-state index < -0.39 is 12.0 Å². The van der Waals surface area contributed by atoms with E-state index in [0.29, 0.717) is 17.0 Å². The number of benzene rings is 1. The Bertz CT molecular complexity index is 664. The topological polar surface area (TPSA) is 104 Å². The van der Waals surface area contributed by atoms with Gasteiger partial charge in [-0.2, -0.15) is 5.10 Å². The highest BCUT2D eigenvalue weighted by atomic mass is 16.5. The molecule has 116 valence electrons. The molecule has 0 radical (unpaired) electrons. The van der Waals surface area contributed by atoms with Crippen molar-refractivity contribution in [1.29, 1.82) is 0 Å². The van der Waals surface area contributed by atoms with Gasteiger partial charge in [-0.1, -0.05) is 0 Å². The fourth-order valence-electron chi connectivity index (χ4n) is 2.05. The Hall–Kier alpha value is -2.83. The van der Waals surface area contributed by atoms with Crippen LogP contribution >= 0.6 is 0 Å². The number of carbonyl (C=O) groups excluding carboxylic acids is 1. The highest BCUT2D eigenvalue weighted by molar-refractivity contribution is 6.00. The predicted octanol–water partition coefficient (Wildman–Crippen LogP) is 1.68. The molecule has 0 aliphatic carbocycles. The van der Waals surface area contributed by atoms with Gasteiger partial charge in [-0.15, -0.1) is 0 Å². The lowest BCUT2D eigenvalue weighted by atomic mass is 10.1. The van der Waals surface area contributed by atoms with Gasteiger partial charge in [-0.25, -0.2) is 0 Å². The molecule has 0 fully saturated rings. The Morgan fingerprint density at radius 1 is 1.36 bits per heavy atom. The summed E-state index contributed by atoms with van der Waals surface area (Å²) < 4.78 is 5.09. The maximum atomic E-state index is 12.2. The molecule has 7 nitrogen and oxygen atoms in total. The summed E-state index contributed by atoms with van der Waals surface area (Å²) in [4.78, 5) is 22.9. The van der Waals surface area contributed by atoms with Crippen molar-refractivity contribution in [3.8, 4) is 17.0 Å². The maximum Gasteiger partial charge on any atom is 0.305 e. The lowest BCUT2D eigenvalue weighted by molar-refractivity contribution is -0.137. The number of ether oxygens (including phenoxy) is 1. The molecule has 0 aliphatic heterocycles. The molecular weight excluding hydrogens is 286 g/mol. The summed E-state index contributed by atoms with van der Waals surface area (Å²) >= 11 is 0. The summed E-state index contributed by atoms with van der Waals surface area (Å²) in [6.07, 6.45) is 1.28. The molecule has 1 atom stereocenters. The second kappa shape index (κ2) is 6.75. The molecule has 1 aromatic heterocycles. The molecule has 1 aromatic carbocycles. The van der Waals surface area contributed by atoms with Gasteiger partial charge in [-0.05, 0) is 31.2 Å². The van der Waals surface area contributed by atoms with Crippen LogP contribution in [0, 0.1) is 0 Å². The molecule has 0 bridgehead atoms. The van der Waals surface area contributed by atoms with E-state index in [1.54, 1.807) is 26.2 Å². The molecule has 0 saturated heterocycles. The minimum absolute atomic E-state index is 0.137. The highest BCUT2D eigenvalue weighted by Gasteiger charge is 2.18. The van der Waals surface area contributed by atoms with Crippen LogP contribution in [-0.4, -0.2) is 40.3 Å². The Labute approximate surface area is 127 Å². The number of nitrogens with one attached hydrogen (secondary N) is 2. The van der Waals surface area contributed by atoms with E-state index in [2.05, 4.69) is 15.5 Å². The number of rotatable bonds is 6. The normalized spacial score (nSPS) is 11.7. The van der Waals surface area contributed by atoms with Crippen molar-refractivity contribution in [2.24, 2.45) is 0 Å². The quantitative estimate of drug-likeness (QED) is 0.753. The number of methoxy groups -OCH3 is 1. The lowest BCUT2D eigenvalue weighted by Gasteiger charge is -2.11. The monoisotopic (exact) mass is 303 g/mol. The number of carboxylic acid groups (broad SMARTS) is 1. The van der Waals surface area contributed by atoms with Gasteiger partial charge >= 0.3 is 5.97 Å². The number of hydrogen-bond acceptors (Lipinski definition) is 4. The molecule has 22 heavy (non-hydrogen) atoms. The third-order valence-corrected chi connectivity index (χ3v) is 3.12. The van der Waals surface area contributed by atoms with E-state index >= 15 is 0 Å². The largest absolute Gasteiger partial charge is 0.497 e. The Morgan fingerprint density at radius 3 is 2.64 bits per heavy atom. The number of amides is 1. The van der Waals surface area contributed by atoms with Crippen molar-refractivity contribution >= 4 is 11.9 Å². The Morgan fingerprint density at radius 2 is 2.05 bits per heavy atom. The van der Waals surface area contributed by atoms with Crippen LogP contribution < -0.4 is 10.1 Å². The molecule has 0 saturated carbocycles. The van der Waals surface area contributed by atoms with Gasteiger partial charge in [0.05, 0.1) is 31.0 Å². The van der Waals surface area contributed by atoms with Crippen molar-refractivity contribution in [2.75, 3.05) is 7.11 Å². The second-order valence-corrected chi connectivity index (χ2v) is 4.86. The van der Waals surface area contributed by atoms with Crippen molar-refractivity contribution in [3.63, 3.8) is 0 Å². The number of hydrogen-bond donors (Lipinski definition) is 3. The van der Waals surface area contributed by atoms with Gasteiger partial charge in [0, 0.05) is 11.6 Å². The highest BCUT2D eigenvalue weighted by Crippen LogP contribution is 2.23. The molecular formula is C15H17N3O4. The lowest BCUT2D eigenvalue weighted by Crippen LogP contribution is -2.34. The number of carbonyl (C=O) groups is 2. The van der Waals surface area contributed by atoms with E-state index in [1.165, 1.54) is 6.20 Å². The van der Waals surface area contributed by atoms with Gasteiger partial charge < -0.3 is 15.2 Å². The summed E-state index contributed by atoms with van der Waals surface area (Å²) in [5.41, 5.74) is 1.72. The molecule has 0 aliphatic rings. The standard InChI is InChI=1S/C15H17N3O4/c1-9(7-13(19)20)17-15(21)12-8-16-18-14(12)10-3-5-11(22-2)6-4-10/h3-6,8-9H,7H2,1-2H3,(H,16,18)(H,17,21)(H,19,20). The number of carboxylic acids is 1. The van der Waals surface area contributed by atoms with Crippen LogP contribution in [0.2, 0.25) is 0 Å². The van der Waals surface area contributed by atoms with Crippen LogP contribution in [0.3, 0.4) is 0 Å². The van der Waals surface area contributed by atoms with Crippen LogP contribution in [-0.2, 0) is 4.79 Å². The molecule has 1 amide bonds. The summed E-state index contributed by atoms with van der Waals surface area (Å²) in [6.45, 7) is 1.64. The average molecular weight is 303 g/mol. The van der Waals surface area contributed by atoms with Crippen LogP contribution in [0.4, 0.5) is 0 Å². The maximum absolute atomic E-state index is 12.2. The van der Waals surface area contributed by atoms with E-state index in [1.807, 2.05) is 12.1 Å². The molecule has 2 rings (SSSR count). The summed E-state index contributed by atoms with van der Waals surface area (Å²) in [6, 6.07) is 6.72. The van der Waals surface area contributed by atoms with Gasteiger partial charge in [0.25, 0.3) is 5.91 Å². The number of H-pyrrole nitrogens is 1. The first-order valence-corrected chi connectivity index (χ1v) is 6.71. The van der Waals surface area contributed by atoms with Crippen LogP contribution in [0.25, 0.3) is 11.3 Å². The van der Waals surface area contributed by atoms with Crippen LogP contribution in [0.1, 0.15) is 23.7 Å². The van der Waals surface area contributed by atoms with Gasteiger partial charge in [0.1, 0.15) is 5.75 Å². The first-order valence-electron chi connectivity index (χ1n) is 6.71. The van der Waals surface area contributed by atoms with Gasteiger partial charge in [0.15, 0.2) is 0 Å². The van der Waals surface area contributed by atoms with Crippen molar-refractivity contribution in [3.05, 3.63) is 36.0 Å². The van der Waals surface area contributed by atoms with Crippen LogP contribution in [0.5, 0.6) is 5.75 Å². The minimum atomic E-state index is -0.963. The fourth-order valence-corrected chi connectivity index (χ4v) is 2.05. The summed E-state index contributed by atoms with van der Waals surface area (Å²) in [5, 5.41) is 18.1.